The highest BCUT2D eigenvalue weighted by atomic mass is 32.1. The van der Waals surface area contributed by atoms with Gasteiger partial charge in [0.1, 0.15) is 0 Å². The van der Waals surface area contributed by atoms with Crippen molar-refractivity contribution in [3.63, 3.8) is 0 Å². The molecule has 1 aromatic carbocycles. The van der Waals surface area contributed by atoms with Crippen molar-refractivity contribution < 1.29 is 18.0 Å². The Bertz CT molecular complexity index is 593. The Morgan fingerprint density at radius 1 is 1.20 bits per heavy atom. The summed E-state index contributed by atoms with van der Waals surface area (Å²) in [7, 11) is 0. The van der Waals surface area contributed by atoms with E-state index in [1.807, 2.05) is 17.5 Å². The van der Waals surface area contributed by atoms with Gasteiger partial charge >= 0.3 is 6.18 Å². The van der Waals surface area contributed by atoms with Gasteiger partial charge in [0, 0.05) is 4.88 Å². The molecule has 0 saturated carbocycles. The van der Waals surface area contributed by atoms with Gasteiger partial charge < -0.3 is 5.32 Å². The molecule has 1 atom stereocenters. The normalized spacial score (nSPS) is 13.0. The Labute approximate surface area is 118 Å². The van der Waals surface area contributed by atoms with Crippen molar-refractivity contribution in [1.29, 1.82) is 0 Å². The Morgan fingerprint density at radius 2 is 1.90 bits per heavy atom. The molecule has 2 rings (SSSR count). The van der Waals surface area contributed by atoms with Crippen LogP contribution in [0.15, 0.2) is 41.8 Å². The second-order valence-electron chi connectivity index (χ2n) is 4.25. The van der Waals surface area contributed by atoms with Crippen LogP contribution in [-0.4, -0.2) is 5.91 Å². The standard InChI is InChI=1S/C14H12F3NOS/c1-9(12-7-4-8-20-12)18-13(19)10-5-2-3-6-11(10)14(15,16)17/h2-9H,1H3,(H,18,19)/t9-/m0/s1. The minimum atomic E-state index is -4.54. The van der Waals surface area contributed by atoms with Gasteiger partial charge in [-0.1, -0.05) is 18.2 Å². The zero-order chi connectivity index (χ0) is 14.8. The van der Waals surface area contributed by atoms with Crippen LogP contribution >= 0.6 is 11.3 Å². The molecule has 0 aliphatic heterocycles. The van der Waals surface area contributed by atoms with Gasteiger partial charge in [0.15, 0.2) is 0 Å². The number of alkyl halides is 3. The summed E-state index contributed by atoms with van der Waals surface area (Å²) in [5.74, 6) is -0.723. The number of amides is 1. The molecule has 2 nitrogen and oxygen atoms in total. The first-order valence-corrected chi connectivity index (χ1v) is 6.78. The van der Waals surface area contributed by atoms with E-state index in [4.69, 9.17) is 0 Å². The smallest absolute Gasteiger partial charge is 0.345 e. The van der Waals surface area contributed by atoms with Gasteiger partial charge in [-0.25, -0.2) is 0 Å². The number of carbonyl (C=O) groups is 1. The van der Waals surface area contributed by atoms with Crippen LogP contribution in [0.4, 0.5) is 13.2 Å². The van der Waals surface area contributed by atoms with Crippen LogP contribution in [0.1, 0.15) is 33.8 Å². The van der Waals surface area contributed by atoms with E-state index in [9.17, 15) is 18.0 Å². The number of hydrogen-bond donors (Lipinski definition) is 1. The lowest BCUT2D eigenvalue weighted by molar-refractivity contribution is -0.137. The third-order valence-corrected chi connectivity index (χ3v) is 3.85. The summed E-state index contributed by atoms with van der Waals surface area (Å²) in [5.41, 5.74) is -1.28. The molecule has 106 valence electrons. The van der Waals surface area contributed by atoms with Crippen LogP contribution in [0.2, 0.25) is 0 Å². The summed E-state index contributed by atoms with van der Waals surface area (Å²) < 4.78 is 38.5. The predicted molar refractivity (Wildman–Crippen MR) is 71.6 cm³/mol. The first-order chi connectivity index (χ1) is 9.39. The van der Waals surface area contributed by atoms with Gasteiger partial charge in [0.2, 0.25) is 0 Å². The summed E-state index contributed by atoms with van der Waals surface area (Å²) in [5, 5.41) is 4.43. The second kappa shape index (κ2) is 5.66. The lowest BCUT2D eigenvalue weighted by Gasteiger charge is -2.15. The lowest BCUT2D eigenvalue weighted by Crippen LogP contribution is -2.28. The number of carbonyl (C=O) groups excluding carboxylic acids is 1. The monoisotopic (exact) mass is 299 g/mol. The summed E-state index contributed by atoms with van der Waals surface area (Å²) in [4.78, 5) is 12.9. The van der Waals surface area contributed by atoms with Crippen LogP contribution in [0.5, 0.6) is 0 Å². The van der Waals surface area contributed by atoms with E-state index in [-0.39, 0.29) is 11.6 Å². The molecule has 0 spiro atoms. The summed E-state index contributed by atoms with van der Waals surface area (Å²) >= 11 is 1.44. The summed E-state index contributed by atoms with van der Waals surface area (Å²) in [6.45, 7) is 1.74. The SMILES string of the molecule is C[C@H](NC(=O)c1ccccc1C(F)(F)F)c1cccs1. The van der Waals surface area contributed by atoms with E-state index < -0.39 is 17.6 Å². The molecule has 1 amide bonds. The van der Waals surface area contributed by atoms with Crippen molar-refractivity contribution in [3.05, 3.63) is 57.8 Å². The quantitative estimate of drug-likeness (QED) is 0.901. The highest BCUT2D eigenvalue weighted by Crippen LogP contribution is 2.32. The van der Waals surface area contributed by atoms with Crippen molar-refractivity contribution in [1.82, 2.24) is 5.32 Å². The van der Waals surface area contributed by atoms with E-state index in [0.717, 1.165) is 10.9 Å². The first-order valence-electron chi connectivity index (χ1n) is 5.90. The maximum atomic E-state index is 12.8. The minimum Gasteiger partial charge on any atom is -0.345 e. The molecule has 0 saturated heterocycles. The highest BCUT2D eigenvalue weighted by Gasteiger charge is 2.35. The van der Waals surface area contributed by atoms with Gasteiger partial charge in [0.25, 0.3) is 5.91 Å². The van der Waals surface area contributed by atoms with Crippen LogP contribution in [0, 0.1) is 0 Å². The molecule has 0 unspecified atom stereocenters. The largest absolute Gasteiger partial charge is 0.417 e. The fourth-order valence-corrected chi connectivity index (χ4v) is 2.55. The van der Waals surface area contributed by atoms with Gasteiger partial charge in [-0.2, -0.15) is 13.2 Å². The Kier molecular flexibility index (Phi) is 4.13. The van der Waals surface area contributed by atoms with Crippen molar-refractivity contribution in [3.8, 4) is 0 Å². The Balaban J connectivity index is 2.22. The van der Waals surface area contributed by atoms with E-state index >= 15 is 0 Å². The van der Waals surface area contributed by atoms with Crippen molar-refractivity contribution in [2.24, 2.45) is 0 Å². The molecule has 0 fully saturated rings. The molecule has 0 bridgehead atoms. The van der Waals surface area contributed by atoms with Gasteiger partial charge in [-0.3, -0.25) is 4.79 Å². The van der Waals surface area contributed by atoms with Gasteiger partial charge in [0.05, 0.1) is 17.2 Å². The zero-order valence-corrected chi connectivity index (χ0v) is 11.4. The number of nitrogens with one attached hydrogen (secondary N) is 1. The average molecular weight is 299 g/mol. The summed E-state index contributed by atoms with van der Waals surface area (Å²) in [6, 6.07) is 8.09. The average Bonchev–Trinajstić information content (AvgIpc) is 2.91. The zero-order valence-electron chi connectivity index (χ0n) is 10.6. The Hall–Kier alpha value is -1.82. The summed E-state index contributed by atoms with van der Waals surface area (Å²) in [6.07, 6.45) is -4.54. The topological polar surface area (TPSA) is 29.1 Å². The molecule has 0 aliphatic rings. The third-order valence-electron chi connectivity index (χ3n) is 2.79. The molecule has 1 aromatic heterocycles. The molecule has 2 aromatic rings. The molecular weight excluding hydrogens is 287 g/mol. The molecule has 0 radical (unpaired) electrons. The number of thiophene rings is 1. The molecule has 20 heavy (non-hydrogen) atoms. The van der Waals surface area contributed by atoms with Crippen molar-refractivity contribution in [2.45, 2.75) is 19.1 Å². The van der Waals surface area contributed by atoms with E-state index in [1.165, 1.54) is 29.5 Å². The van der Waals surface area contributed by atoms with Crippen LogP contribution in [-0.2, 0) is 6.18 Å². The van der Waals surface area contributed by atoms with Crippen molar-refractivity contribution >= 4 is 17.2 Å². The molecule has 6 heteroatoms. The molecule has 1 heterocycles. The first kappa shape index (κ1) is 14.6. The van der Waals surface area contributed by atoms with E-state index in [2.05, 4.69) is 5.32 Å². The fourth-order valence-electron chi connectivity index (χ4n) is 1.81. The van der Waals surface area contributed by atoms with Gasteiger partial charge in [-0.15, -0.1) is 11.3 Å². The van der Waals surface area contributed by atoms with Crippen LogP contribution < -0.4 is 5.32 Å². The maximum Gasteiger partial charge on any atom is 0.417 e. The Morgan fingerprint density at radius 3 is 2.50 bits per heavy atom. The second-order valence-corrected chi connectivity index (χ2v) is 5.23. The molecule has 1 N–H and O–H groups in total. The number of halogens is 3. The predicted octanol–water partition coefficient (Wildman–Crippen LogP) is 4.26. The van der Waals surface area contributed by atoms with Crippen molar-refractivity contribution in [2.75, 3.05) is 0 Å². The fraction of sp³-hybridized carbons (Fsp3) is 0.214. The minimum absolute atomic E-state index is 0.330. The van der Waals surface area contributed by atoms with Crippen LogP contribution in [0.3, 0.4) is 0 Å². The molecular formula is C14H12F3NOS. The van der Waals surface area contributed by atoms with Gasteiger partial charge in [-0.05, 0) is 30.5 Å². The number of benzene rings is 1. The lowest BCUT2D eigenvalue weighted by atomic mass is 10.1. The molecule has 0 aliphatic carbocycles. The maximum absolute atomic E-state index is 12.8. The highest BCUT2D eigenvalue weighted by molar-refractivity contribution is 7.10. The van der Waals surface area contributed by atoms with E-state index in [0.29, 0.717) is 0 Å². The van der Waals surface area contributed by atoms with E-state index in [1.54, 1.807) is 6.92 Å². The third kappa shape index (κ3) is 3.19. The number of rotatable bonds is 3. The van der Waals surface area contributed by atoms with Crippen LogP contribution in [0.25, 0.3) is 0 Å². The number of hydrogen-bond acceptors (Lipinski definition) is 2.